The van der Waals surface area contributed by atoms with Gasteiger partial charge < -0.3 is 10.6 Å². The molecule has 0 bridgehead atoms. The molecule has 1 aliphatic heterocycles. The van der Waals surface area contributed by atoms with Crippen molar-refractivity contribution < 1.29 is 9.18 Å². The van der Waals surface area contributed by atoms with Crippen LogP contribution in [0.3, 0.4) is 0 Å². The Morgan fingerprint density at radius 1 is 1.47 bits per heavy atom. The van der Waals surface area contributed by atoms with E-state index in [1.54, 1.807) is 12.1 Å². The Morgan fingerprint density at radius 3 is 2.95 bits per heavy atom. The summed E-state index contributed by atoms with van der Waals surface area (Å²) in [4.78, 5) is 11.8. The van der Waals surface area contributed by atoms with Crippen LogP contribution < -0.4 is 10.6 Å². The van der Waals surface area contributed by atoms with Crippen molar-refractivity contribution in [3.05, 3.63) is 35.6 Å². The minimum absolute atomic E-state index is 0.0323. The standard InChI is InChI=1S/C15H21FN2O/c1-10(2)15(19)18-14-9-17-7-6-13(14)11-4-3-5-12(16)8-11/h3-5,8,10,13-14,17H,6-7,9H2,1-2H3,(H,18,19). The summed E-state index contributed by atoms with van der Waals surface area (Å²) in [6.45, 7) is 5.39. The fourth-order valence-electron chi connectivity index (χ4n) is 2.50. The first kappa shape index (κ1) is 14.0. The summed E-state index contributed by atoms with van der Waals surface area (Å²) in [5, 5.41) is 6.35. The van der Waals surface area contributed by atoms with Gasteiger partial charge in [0.15, 0.2) is 0 Å². The molecule has 2 rings (SSSR count). The number of piperidine rings is 1. The molecule has 0 spiro atoms. The SMILES string of the molecule is CC(C)C(=O)NC1CNCCC1c1cccc(F)c1. The predicted octanol–water partition coefficient (Wildman–Crippen LogP) is 2.04. The zero-order valence-electron chi connectivity index (χ0n) is 11.4. The van der Waals surface area contributed by atoms with Gasteiger partial charge >= 0.3 is 0 Å². The van der Waals surface area contributed by atoms with E-state index in [2.05, 4.69) is 10.6 Å². The van der Waals surface area contributed by atoms with Crippen molar-refractivity contribution in [1.82, 2.24) is 10.6 Å². The molecular weight excluding hydrogens is 243 g/mol. The third-order valence-electron chi connectivity index (χ3n) is 3.61. The summed E-state index contributed by atoms with van der Waals surface area (Å²) in [5.74, 6) is -0.0187. The molecular formula is C15H21FN2O. The van der Waals surface area contributed by atoms with Crippen molar-refractivity contribution in [2.75, 3.05) is 13.1 Å². The molecule has 4 heteroatoms. The molecule has 1 amide bonds. The lowest BCUT2D eigenvalue weighted by atomic mass is 9.85. The third-order valence-corrected chi connectivity index (χ3v) is 3.61. The van der Waals surface area contributed by atoms with Crippen LogP contribution in [0, 0.1) is 11.7 Å². The number of amides is 1. The zero-order valence-corrected chi connectivity index (χ0v) is 11.4. The number of nitrogens with one attached hydrogen (secondary N) is 2. The van der Waals surface area contributed by atoms with Crippen molar-refractivity contribution in [3.63, 3.8) is 0 Å². The maximum atomic E-state index is 13.3. The highest BCUT2D eigenvalue weighted by Gasteiger charge is 2.28. The number of hydrogen-bond acceptors (Lipinski definition) is 2. The molecule has 2 N–H and O–H groups in total. The highest BCUT2D eigenvalue weighted by atomic mass is 19.1. The second kappa shape index (κ2) is 6.15. The number of hydrogen-bond donors (Lipinski definition) is 2. The lowest BCUT2D eigenvalue weighted by Gasteiger charge is -2.33. The van der Waals surface area contributed by atoms with Gasteiger partial charge in [-0.3, -0.25) is 4.79 Å². The minimum Gasteiger partial charge on any atom is -0.351 e. The molecule has 1 aliphatic rings. The van der Waals surface area contributed by atoms with Crippen LogP contribution >= 0.6 is 0 Å². The second-order valence-corrected chi connectivity index (χ2v) is 5.42. The third kappa shape index (κ3) is 3.53. The van der Waals surface area contributed by atoms with Crippen molar-refractivity contribution in [2.24, 2.45) is 5.92 Å². The van der Waals surface area contributed by atoms with E-state index in [0.717, 1.165) is 25.1 Å². The summed E-state index contributed by atoms with van der Waals surface area (Å²) in [5.41, 5.74) is 0.968. The molecule has 3 nitrogen and oxygen atoms in total. The Bertz CT molecular complexity index is 448. The van der Waals surface area contributed by atoms with Crippen LogP contribution in [0.4, 0.5) is 4.39 Å². The lowest BCUT2D eigenvalue weighted by molar-refractivity contribution is -0.124. The average molecular weight is 264 g/mol. The van der Waals surface area contributed by atoms with Gasteiger partial charge in [0.25, 0.3) is 0 Å². The quantitative estimate of drug-likeness (QED) is 0.877. The van der Waals surface area contributed by atoms with Gasteiger partial charge in [-0.1, -0.05) is 26.0 Å². The first-order valence-electron chi connectivity index (χ1n) is 6.84. The fraction of sp³-hybridized carbons (Fsp3) is 0.533. The van der Waals surface area contributed by atoms with Crippen LogP contribution in [-0.2, 0) is 4.79 Å². The number of rotatable bonds is 3. The molecule has 2 unspecified atom stereocenters. The monoisotopic (exact) mass is 264 g/mol. The zero-order chi connectivity index (χ0) is 13.8. The number of halogens is 1. The highest BCUT2D eigenvalue weighted by molar-refractivity contribution is 5.78. The van der Waals surface area contributed by atoms with Gasteiger partial charge in [0, 0.05) is 24.4 Å². The van der Waals surface area contributed by atoms with E-state index in [1.807, 2.05) is 19.9 Å². The van der Waals surface area contributed by atoms with E-state index in [4.69, 9.17) is 0 Å². The van der Waals surface area contributed by atoms with Gasteiger partial charge in [-0.05, 0) is 30.7 Å². The van der Waals surface area contributed by atoms with Gasteiger partial charge in [-0.15, -0.1) is 0 Å². The maximum Gasteiger partial charge on any atom is 0.222 e. The second-order valence-electron chi connectivity index (χ2n) is 5.42. The molecule has 1 fully saturated rings. The molecule has 0 radical (unpaired) electrons. The molecule has 1 saturated heterocycles. The van der Waals surface area contributed by atoms with Crippen LogP contribution in [0.25, 0.3) is 0 Å². The molecule has 2 atom stereocenters. The predicted molar refractivity (Wildman–Crippen MR) is 73.4 cm³/mol. The summed E-state index contributed by atoms with van der Waals surface area (Å²) >= 11 is 0. The van der Waals surface area contributed by atoms with E-state index in [1.165, 1.54) is 6.07 Å². The normalized spacial score (nSPS) is 23.4. The first-order chi connectivity index (χ1) is 9.08. The fourth-order valence-corrected chi connectivity index (χ4v) is 2.50. The van der Waals surface area contributed by atoms with Crippen molar-refractivity contribution >= 4 is 5.91 Å². The molecule has 1 aromatic carbocycles. The van der Waals surface area contributed by atoms with Crippen LogP contribution in [-0.4, -0.2) is 25.0 Å². The van der Waals surface area contributed by atoms with E-state index in [0.29, 0.717) is 0 Å². The topological polar surface area (TPSA) is 41.1 Å². The van der Waals surface area contributed by atoms with Crippen LogP contribution in [0.15, 0.2) is 24.3 Å². The van der Waals surface area contributed by atoms with Gasteiger partial charge in [-0.2, -0.15) is 0 Å². The first-order valence-corrected chi connectivity index (χ1v) is 6.84. The van der Waals surface area contributed by atoms with Gasteiger partial charge in [-0.25, -0.2) is 4.39 Å². The van der Waals surface area contributed by atoms with E-state index >= 15 is 0 Å². The van der Waals surface area contributed by atoms with Gasteiger partial charge in [0.1, 0.15) is 5.82 Å². The number of carbonyl (C=O) groups excluding carboxylic acids is 1. The Balaban J connectivity index is 2.14. The Kier molecular flexibility index (Phi) is 4.53. The van der Waals surface area contributed by atoms with Crippen LogP contribution in [0.5, 0.6) is 0 Å². The van der Waals surface area contributed by atoms with Crippen molar-refractivity contribution in [3.8, 4) is 0 Å². The lowest BCUT2D eigenvalue weighted by Crippen LogP contribution is -2.50. The van der Waals surface area contributed by atoms with Gasteiger partial charge in [0.2, 0.25) is 5.91 Å². The summed E-state index contributed by atoms with van der Waals surface area (Å²) in [6.07, 6.45) is 0.909. The largest absolute Gasteiger partial charge is 0.351 e. The van der Waals surface area contributed by atoms with Crippen LogP contribution in [0.2, 0.25) is 0 Å². The minimum atomic E-state index is -0.218. The molecule has 0 aromatic heterocycles. The Morgan fingerprint density at radius 2 is 2.26 bits per heavy atom. The molecule has 1 aromatic rings. The number of benzene rings is 1. The smallest absolute Gasteiger partial charge is 0.222 e. The maximum absolute atomic E-state index is 13.3. The van der Waals surface area contributed by atoms with Crippen LogP contribution in [0.1, 0.15) is 31.7 Å². The summed E-state index contributed by atoms with van der Waals surface area (Å²) < 4.78 is 13.3. The Labute approximate surface area is 113 Å². The molecule has 0 aliphatic carbocycles. The number of carbonyl (C=O) groups is 1. The molecule has 104 valence electrons. The average Bonchev–Trinajstić information content (AvgIpc) is 2.39. The van der Waals surface area contributed by atoms with E-state index in [-0.39, 0.29) is 29.6 Å². The van der Waals surface area contributed by atoms with E-state index < -0.39 is 0 Å². The molecule has 1 heterocycles. The summed E-state index contributed by atoms with van der Waals surface area (Å²) in [7, 11) is 0. The highest BCUT2D eigenvalue weighted by Crippen LogP contribution is 2.26. The summed E-state index contributed by atoms with van der Waals surface area (Å²) in [6, 6.07) is 6.73. The molecule has 19 heavy (non-hydrogen) atoms. The molecule has 0 saturated carbocycles. The van der Waals surface area contributed by atoms with Gasteiger partial charge in [0.05, 0.1) is 0 Å². The Hall–Kier alpha value is -1.42. The van der Waals surface area contributed by atoms with E-state index in [9.17, 15) is 9.18 Å². The van der Waals surface area contributed by atoms with Crippen molar-refractivity contribution in [2.45, 2.75) is 32.2 Å². The van der Waals surface area contributed by atoms with Crippen molar-refractivity contribution in [1.29, 1.82) is 0 Å².